The second-order valence-electron chi connectivity index (χ2n) is 11.6. The van der Waals surface area contributed by atoms with Gasteiger partial charge in [-0.25, -0.2) is 0 Å². The van der Waals surface area contributed by atoms with Gasteiger partial charge in [0.15, 0.2) is 0 Å². The zero-order valence-electron chi connectivity index (χ0n) is 23.0. The lowest BCUT2D eigenvalue weighted by Crippen LogP contribution is -2.60. The van der Waals surface area contributed by atoms with Gasteiger partial charge in [0, 0.05) is 21.7 Å². The fourth-order valence-electron chi connectivity index (χ4n) is 6.36. The van der Waals surface area contributed by atoms with E-state index in [0.717, 1.165) is 0 Å². The van der Waals surface area contributed by atoms with Crippen LogP contribution in [0.25, 0.3) is 0 Å². The molecule has 3 N–H and O–H groups in total. The number of nitrogens with zero attached hydrogens (tertiary/aromatic N) is 2. The lowest BCUT2D eigenvalue weighted by Gasteiger charge is -2.37. The van der Waals surface area contributed by atoms with Crippen LogP contribution >= 0.6 is 0 Å². The SMILES string of the molecule is [2H][C@@H]1[C@H]([2H])[C@@H]2C[C@H]1[C@H]1[C@@H]2CN(C(=O)[C@@H](NC(=O)C(F)(F)F)C(C)(C)C)[C@@H]1C(=O)N[C@H](C#N)C[C@@H]1CCNC1=O. The van der Waals surface area contributed by atoms with Gasteiger partial charge in [-0.2, -0.15) is 18.4 Å². The Kier molecular flexibility index (Phi) is 6.49. The van der Waals surface area contributed by atoms with Crippen LogP contribution in [0, 0.1) is 46.3 Å². The molecule has 2 heterocycles. The van der Waals surface area contributed by atoms with Crippen molar-refractivity contribution >= 4 is 23.6 Å². The van der Waals surface area contributed by atoms with Crippen molar-refractivity contribution in [2.45, 2.75) is 77.1 Å². The Bertz CT molecular complexity index is 1080. The van der Waals surface area contributed by atoms with E-state index in [1.165, 1.54) is 25.7 Å². The number of alkyl halides is 3. The molecule has 2 aliphatic heterocycles. The molecule has 4 fully saturated rings. The van der Waals surface area contributed by atoms with E-state index in [1.807, 2.05) is 6.07 Å². The molecule has 4 aliphatic rings. The van der Waals surface area contributed by atoms with Crippen molar-refractivity contribution in [1.29, 1.82) is 5.26 Å². The van der Waals surface area contributed by atoms with E-state index in [0.29, 0.717) is 19.4 Å². The summed E-state index contributed by atoms with van der Waals surface area (Å²) in [5.41, 5.74) is -1.14. The number of rotatable bonds is 6. The maximum atomic E-state index is 13.8. The first-order chi connectivity index (χ1) is 18.1. The zero-order valence-corrected chi connectivity index (χ0v) is 21.0. The van der Waals surface area contributed by atoms with Gasteiger partial charge in [-0.3, -0.25) is 19.2 Å². The van der Waals surface area contributed by atoms with Crippen LogP contribution in [-0.4, -0.2) is 65.9 Å². The highest BCUT2D eigenvalue weighted by molar-refractivity contribution is 5.94. The molecule has 9 nitrogen and oxygen atoms in total. The fourth-order valence-corrected chi connectivity index (χ4v) is 6.36. The van der Waals surface area contributed by atoms with Crippen molar-refractivity contribution in [2.75, 3.05) is 13.1 Å². The molecule has 0 spiro atoms. The zero-order chi connectivity index (χ0) is 29.0. The Morgan fingerprint density at radius 3 is 2.46 bits per heavy atom. The number of fused-ring (bicyclic) bond motifs is 5. The lowest BCUT2D eigenvalue weighted by molar-refractivity contribution is -0.176. The smallest absolute Gasteiger partial charge is 0.356 e. The van der Waals surface area contributed by atoms with Crippen LogP contribution in [0.5, 0.6) is 0 Å². The molecule has 0 unspecified atom stereocenters. The van der Waals surface area contributed by atoms with Crippen LogP contribution in [0.1, 0.15) is 55.6 Å². The number of amides is 4. The fraction of sp³-hybridized carbons (Fsp3) is 0.800. The third kappa shape index (κ3) is 5.27. The van der Waals surface area contributed by atoms with Crippen LogP contribution in [0.4, 0.5) is 13.2 Å². The van der Waals surface area contributed by atoms with Gasteiger partial charge >= 0.3 is 12.1 Å². The predicted octanol–water partition coefficient (Wildman–Crippen LogP) is 1.49. The molecule has 0 aromatic heterocycles. The molecule has 12 heteroatoms. The van der Waals surface area contributed by atoms with Gasteiger partial charge in [-0.05, 0) is 61.1 Å². The summed E-state index contributed by atoms with van der Waals surface area (Å²) in [6.07, 6.45) is -5.58. The lowest BCUT2D eigenvalue weighted by atomic mass is 9.78. The van der Waals surface area contributed by atoms with E-state index >= 15 is 0 Å². The molecule has 0 aromatic rings. The van der Waals surface area contributed by atoms with Crippen LogP contribution in [-0.2, 0) is 19.2 Å². The van der Waals surface area contributed by atoms with Crippen LogP contribution in [0.15, 0.2) is 0 Å². The monoisotopic (exact) mass is 527 g/mol. The molecular weight excluding hydrogens is 491 g/mol. The van der Waals surface area contributed by atoms with E-state index in [4.69, 9.17) is 2.74 Å². The number of hydrogen-bond acceptors (Lipinski definition) is 5. The third-order valence-electron chi connectivity index (χ3n) is 8.15. The van der Waals surface area contributed by atoms with E-state index < -0.39 is 72.1 Å². The summed E-state index contributed by atoms with van der Waals surface area (Å²) in [4.78, 5) is 52.5. The molecule has 2 bridgehead atoms. The molecule has 204 valence electrons. The Hall–Kier alpha value is -2.84. The van der Waals surface area contributed by atoms with Crippen molar-refractivity contribution in [1.82, 2.24) is 20.9 Å². The van der Waals surface area contributed by atoms with E-state index in [-0.39, 0.29) is 36.6 Å². The van der Waals surface area contributed by atoms with Crippen LogP contribution < -0.4 is 16.0 Å². The number of nitriles is 1. The molecule has 2 aliphatic carbocycles. The average molecular weight is 528 g/mol. The molecule has 0 aromatic carbocycles. The maximum Gasteiger partial charge on any atom is 0.471 e. The van der Waals surface area contributed by atoms with Crippen LogP contribution in [0.3, 0.4) is 0 Å². The average Bonchev–Trinajstić information content (AvgIpc) is 3.58. The molecule has 2 saturated heterocycles. The van der Waals surface area contributed by atoms with Gasteiger partial charge in [0.05, 0.1) is 6.07 Å². The molecule has 0 radical (unpaired) electrons. The van der Waals surface area contributed by atoms with Gasteiger partial charge in [-0.1, -0.05) is 20.8 Å². The molecule has 10 atom stereocenters. The minimum atomic E-state index is -5.22. The quantitative estimate of drug-likeness (QED) is 0.482. The van der Waals surface area contributed by atoms with Crippen molar-refractivity contribution < 1.29 is 35.1 Å². The highest BCUT2D eigenvalue weighted by Gasteiger charge is 2.60. The second-order valence-corrected chi connectivity index (χ2v) is 11.6. The van der Waals surface area contributed by atoms with Gasteiger partial charge < -0.3 is 20.9 Å². The van der Waals surface area contributed by atoms with Crippen molar-refractivity contribution in [3.63, 3.8) is 0 Å². The molecule has 4 amide bonds. The van der Waals surface area contributed by atoms with Crippen LogP contribution in [0.2, 0.25) is 0 Å². The third-order valence-corrected chi connectivity index (χ3v) is 8.15. The first-order valence-corrected chi connectivity index (χ1v) is 12.6. The topological polar surface area (TPSA) is 131 Å². The first-order valence-electron chi connectivity index (χ1n) is 13.7. The van der Waals surface area contributed by atoms with Gasteiger partial charge in [-0.15, -0.1) is 0 Å². The minimum Gasteiger partial charge on any atom is -0.356 e. The summed E-state index contributed by atoms with van der Waals surface area (Å²) >= 11 is 0. The Labute approximate surface area is 216 Å². The summed E-state index contributed by atoms with van der Waals surface area (Å²) < 4.78 is 56.2. The first kappa shape index (κ1) is 24.5. The predicted molar refractivity (Wildman–Crippen MR) is 124 cm³/mol. The second kappa shape index (κ2) is 9.80. The molecule has 4 rings (SSSR count). The Balaban J connectivity index is 1.62. The normalized spacial score (nSPS) is 37.1. The summed E-state index contributed by atoms with van der Waals surface area (Å²) in [5, 5.41) is 16.8. The largest absolute Gasteiger partial charge is 0.471 e. The number of carbonyl (C=O) groups excluding carboxylic acids is 4. The number of likely N-dealkylation sites (tertiary alicyclic amines) is 1. The van der Waals surface area contributed by atoms with E-state index in [2.05, 4.69) is 10.6 Å². The highest BCUT2D eigenvalue weighted by Crippen LogP contribution is 2.57. The maximum absolute atomic E-state index is 13.8. The molecule has 37 heavy (non-hydrogen) atoms. The summed E-state index contributed by atoms with van der Waals surface area (Å²) in [7, 11) is 0. The summed E-state index contributed by atoms with van der Waals surface area (Å²) in [5.74, 6) is -5.92. The number of halogens is 3. The standard InChI is InChI=1S/C25H34F3N5O4/c1-24(2,3)19(32-23(37)25(26,27)28)22(36)33-11-16-12-4-5-13(8-12)17(16)18(33)21(35)31-15(10-29)9-14-6-7-30-20(14)34/h12-19H,4-9,11H2,1-3H3,(H,30,34)(H,31,35)(H,32,37)/t12-,13+,14+,15+,16-,17+,18+,19-/m1/s1/i4D,5D/t4-,5+,12+,13-,14-,15-,16+,17-,18-,19+/m0. The highest BCUT2D eigenvalue weighted by atomic mass is 19.4. The number of nitrogens with one attached hydrogen (secondary N) is 3. The number of hydrogen-bond donors (Lipinski definition) is 3. The summed E-state index contributed by atoms with van der Waals surface area (Å²) in [6.45, 7) is 4.96. The van der Waals surface area contributed by atoms with Gasteiger partial charge in [0.25, 0.3) is 0 Å². The Morgan fingerprint density at radius 2 is 1.89 bits per heavy atom. The summed E-state index contributed by atoms with van der Waals surface area (Å²) in [6, 6.07) is -1.85. The van der Waals surface area contributed by atoms with Crippen molar-refractivity contribution in [3.05, 3.63) is 0 Å². The molecule has 2 saturated carbocycles. The van der Waals surface area contributed by atoms with E-state index in [9.17, 15) is 37.6 Å². The van der Waals surface area contributed by atoms with Gasteiger partial charge in [0.2, 0.25) is 17.7 Å². The molecular formula is C25H34F3N5O4. The Morgan fingerprint density at radius 1 is 1.22 bits per heavy atom. The van der Waals surface area contributed by atoms with Gasteiger partial charge in [0.1, 0.15) is 18.1 Å². The number of carbonyl (C=O) groups is 4. The van der Waals surface area contributed by atoms with E-state index in [1.54, 1.807) is 5.32 Å². The minimum absolute atomic E-state index is 0.00156. The van der Waals surface area contributed by atoms with Crippen molar-refractivity contribution in [2.24, 2.45) is 35.0 Å². The van der Waals surface area contributed by atoms with Crippen molar-refractivity contribution in [3.8, 4) is 6.07 Å².